The lowest BCUT2D eigenvalue weighted by atomic mass is 10.3. The van der Waals surface area contributed by atoms with E-state index in [0.717, 1.165) is 0 Å². The van der Waals surface area contributed by atoms with Crippen LogP contribution in [-0.4, -0.2) is 40.3 Å². The molecule has 0 aliphatic rings. The highest BCUT2D eigenvalue weighted by Gasteiger charge is 2.16. The Morgan fingerprint density at radius 3 is 2.28 bits per heavy atom. The number of methoxy groups -OCH3 is 1. The molecule has 0 N–H and O–H groups in total. The summed E-state index contributed by atoms with van der Waals surface area (Å²) in [6.07, 6.45) is 0. The fraction of sp³-hybridized carbons (Fsp3) is 0.417. The Balaban J connectivity index is 2.73. The molecule has 6 heteroatoms. The Morgan fingerprint density at radius 1 is 1.17 bits per heavy atom. The van der Waals surface area contributed by atoms with Crippen molar-refractivity contribution in [3.8, 4) is 5.75 Å². The van der Waals surface area contributed by atoms with Gasteiger partial charge >= 0.3 is 0 Å². The van der Waals surface area contributed by atoms with Gasteiger partial charge in [-0.05, 0) is 31.2 Å². The first-order valence-corrected chi connectivity index (χ1v) is 7.05. The zero-order chi connectivity index (χ0) is 13.6. The van der Waals surface area contributed by atoms with Gasteiger partial charge in [-0.15, -0.1) is 0 Å². The lowest BCUT2D eigenvalue weighted by Crippen LogP contribution is -2.13. The maximum Gasteiger partial charge on any atom is 0.185 e. The maximum atomic E-state index is 11.7. The zero-order valence-corrected chi connectivity index (χ0v) is 11.2. The molecule has 1 aromatic carbocycles. The Hall–Kier alpha value is -1.40. The number of carbonyl (C=O) groups excluding carboxylic acids is 1. The molecule has 100 valence electrons. The maximum absolute atomic E-state index is 11.7. The Morgan fingerprint density at radius 2 is 1.78 bits per heavy atom. The van der Waals surface area contributed by atoms with Gasteiger partial charge in [-0.1, -0.05) is 0 Å². The second-order valence-electron chi connectivity index (χ2n) is 3.77. The van der Waals surface area contributed by atoms with Gasteiger partial charge in [0.05, 0.1) is 11.5 Å². The molecular formula is C12H16O5S. The summed E-state index contributed by atoms with van der Waals surface area (Å²) in [4.78, 5) is 11.0. The van der Waals surface area contributed by atoms with Crippen molar-refractivity contribution in [1.29, 1.82) is 0 Å². The van der Waals surface area contributed by atoms with E-state index >= 15 is 0 Å². The fourth-order valence-electron chi connectivity index (χ4n) is 1.34. The highest BCUT2D eigenvalue weighted by molar-refractivity contribution is 7.92. The van der Waals surface area contributed by atoms with Crippen molar-refractivity contribution in [1.82, 2.24) is 0 Å². The van der Waals surface area contributed by atoms with Crippen molar-refractivity contribution in [3.05, 3.63) is 24.3 Å². The van der Waals surface area contributed by atoms with Crippen LogP contribution in [0.15, 0.2) is 29.2 Å². The minimum atomic E-state index is -3.53. The molecule has 0 atom stereocenters. The van der Waals surface area contributed by atoms with E-state index in [0.29, 0.717) is 19.0 Å². The third-order valence-corrected chi connectivity index (χ3v) is 3.91. The fourth-order valence-corrected chi connectivity index (χ4v) is 2.59. The van der Waals surface area contributed by atoms with Crippen LogP contribution in [0, 0.1) is 0 Å². The van der Waals surface area contributed by atoms with Crippen molar-refractivity contribution in [3.63, 3.8) is 0 Å². The van der Waals surface area contributed by atoms with Crippen LogP contribution >= 0.6 is 0 Å². The predicted octanol–water partition coefficient (Wildman–Crippen LogP) is 1.07. The predicted molar refractivity (Wildman–Crippen MR) is 66.5 cm³/mol. The SMILES string of the molecule is COCCOc1ccc(S(=O)(=O)CC(C)=O)cc1. The van der Waals surface area contributed by atoms with Gasteiger partial charge in [0.2, 0.25) is 0 Å². The van der Waals surface area contributed by atoms with Crippen LogP contribution in [0.5, 0.6) is 5.75 Å². The molecule has 0 spiro atoms. The molecule has 1 aromatic rings. The summed E-state index contributed by atoms with van der Waals surface area (Å²) < 4.78 is 33.6. The summed E-state index contributed by atoms with van der Waals surface area (Å²) >= 11 is 0. The molecule has 1 rings (SSSR count). The standard InChI is InChI=1S/C12H16O5S/c1-10(13)9-18(14,15)12-5-3-11(4-6-12)17-8-7-16-2/h3-6H,7-9H2,1-2H3. The normalized spacial score (nSPS) is 11.2. The largest absolute Gasteiger partial charge is 0.491 e. The quantitative estimate of drug-likeness (QED) is 0.694. The molecule has 0 radical (unpaired) electrons. The molecule has 0 aromatic heterocycles. The van der Waals surface area contributed by atoms with Gasteiger partial charge in [-0.3, -0.25) is 4.79 Å². The monoisotopic (exact) mass is 272 g/mol. The summed E-state index contributed by atoms with van der Waals surface area (Å²) in [5, 5.41) is 0. The van der Waals surface area contributed by atoms with Crippen molar-refractivity contribution in [2.75, 3.05) is 26.1 Å². The van der Waals surface area contributed by atoms with E-state index in [2.05, 4.69) is 0 Å². The van der Waals surface area contributed by atoms with Crippen LogP contribution in [0.4, 0.5) is 0 Å². The second kappa shape index (κ2) is 6.51. The third-order valence-electron chi connectivity index (χ3n) is 2.13. The molecule has 18 heavy (non-hydrogen) atoms. The number of rotatable bonds is 7. The number of hydrogen-bond acceptors (Lipinski definition) is 5. The van der Waals surface area contributed by atoms with E-state index in [1.165, 1.54) is 19.1 Å². The molecule has 0 aliphatic carbocycles. The topological polar surface area (TPSA) is 69.7 Å². The first kappa shape index (κ1) is 14.7. The first-order chi connectivity index (χ1) is 8.45. The van der Waals surface area contributed by atoms with E-state index in [4.69, 9.17) is 9.47 Å². The third kappa shape index (κ3) is 4.46. The van der Waals surface area contributed by atoms with E-state index in [1.807, 2.05) is 0 Å². The molecular weight excluding hydrogens is 256 g/mol. The van der Waals surface area contributed by atoms with E-state index in [9.17, 15) is 13.2 Å². The number of hydrogen-bond donors (Lipinski definition) is 0. The minimum absolute atomic E-state index is 0.122. The first-order valence-electron chi connectivity index (χ1n) is 5.39. The van der Waals surface area contributed by atoms with E-state index < -0.39 is 15.6 Å². The number of sulfone groups is 1. The van der Waals surface area contributed by atoms with E-state index in [1.54, 1.807) is 19.2 Å². The van der Waals surface area contributed by atoms with Gasteiger partial charge in [0.15, 0.2) is 9.84 Å². The summed E-state index contributed by atoms with van der Waals surface area (Å²) in [5.41, 5.74) is 0. The lowest BCUT2D eigenvalue weighted by Gasteiger charge is -2.06. The van der Waals surface area contributed by atoms with Crippen molar-refractivity contribution in [2.24, 2.45) is 0 Å². The number of ether oxygens (including phenoxy) is 2. The van der Waals surface area contributed by atoms with Gasteiger partial charge in [0.1, 0.15) is 23.9 Å². The molecule has 0 aliphatic heterocycles. The summed E-state index contributed by atoms with van der Waals surface area (Å²) in [7, 11) is -1.96. The van der Waals surface area contributed by atoms with E-state index in [-0.39, 0.29) is 10.7 Å². The highest BCUT2D eigenvalue weighted by atomic mass is 32.2. The molecule has 5 nitrogen and oxygen atoms in total. The van der Waals surface area contributed by atoms with Crippen LogP contribution in [0.1, 0.15) is 6.92 Å². The smallest absolute Gasteiger partial charge is 0.185 e. The van der Waals surface area contributed by atoms with Gasteiger partial charge < -0.3 is 9.47 Å². The Kier molecular flexibility index (Phi) is 5.30. The second-order valence-corrected chi connectivity index (χ2v) is 5.76. The Bertz CT molecular complexity index is 490. The molecule has 0 unspecified atom stereocenters. The number of ketones is 1. The molecule has 0 heterocycles. The van der Waals surface area contributed by atoms with Crippen LogP contribution in [0.25, 0.3) is 0 Å². The van der Waals surface area contributed by atoms with Gasteiger partial charge in [0, 0.05) is 7.11 Å². The zero-order valence-electron chi connectivity index (χ0n) is 10.4. The van der Waals surface area contributed by atoms with Gasteiger partial charge in [-0.25, -0.2) is 8.42 Å². The minimum Gasteiger partial charge on any atom is -0.491 e. The average Bonchev–Trinajstić information content (AvgIpc) is 2.28. The van der Waals surface area contributed by atoms with Crippen LogP contribution in [-0.2, 0) is 19.4 Å². The summed E-state index contributed by atoms with van der Waals surface area (Å²) in [6.45, 7) is 2.11. The number of benzene rings is 1. The van der Waals surface area contributed by atoms with Crippen LogP contribution < -0.4 is 4.74 Å². The average molecular weight is 272 g/mol. The number of Topliss-reactive ketones (excluding diaryl/α,β-unsaturated/α-hetero) is 1. The lowest BCUT2D eigenvalue weighted by molar-refractivity contribution is -0.114. The van der Waals surface area contributed by atoms with Gasteiger partial charge in [-0.2, -0.15) is 0 Å². The summed E-state index contributed by atoms with van der Waals surface area (Å²) in [6, 6.07) is 5.98. The molecule has 0 saturated carbocycles. The van der Waals surface area contributed by atoms with Crippen LogP contribution in [0.2, 0.25) is 0 Å². The molecule has 0 saturated heterocycles. The molecule has 0 bridgehead atoms. The molecule has 0 fully saturated rings. The molecule has 0 amide bonds. The van der Waals surface area contributed by atoms with Gasteiger partial charge in [0.25, 0.3) is 0 Å². The van der Waals surface area contributed by atoms with Crippen molar-refractivity contribution < 1.29 is 22.7 Å². The highest BCUT2D eigenvalue weighted by Crippen LogP contribution is 2.17. The van der Waals surface area contributed by atoms with Crippen molar-refractivity contribution in [2.45, 2.75) is 11.8 Å². The number of carbonyl (C=O) groups is 1. The van der Waals surface area contributed by atoms with Crippen molar-refractivity contribution >= 4 is 15.6 Å². The Labute approximate surface area is 107 Å². The van der Waals surface area contributed by atoms with Crippen LogP contribution in [0.3, 0.4) is 0 Å². The summed E-state index contributed by atoms with van der Waals surface area (Å²) in [5.74, 6) is -0.291.